The fourth-order valence-electron chi connectivity index (χ4n) is 2.14. The molecule has 2 rings (SSSR count). The van der Waals surface area contributed by atoms with Crippen molar-refractivity contribution in [2.24, 2.45) is 5.92 Å². The molecular weight excluding hydrogens is 282 g/mol. The highest BCUT2D eigenvalue weighted by Crippen LogP contribution is 2.18. The Morgan fingerprint density at radius 1 is 1.65 bits per heavy atom. The van der Waals surface area contributed by atoms with E-state index in [1.54, 1.807) is 12.3 Å². The van der Waals surface area contributed by atoms with Crippen molar-refractivity contribution in [3.8, 4) is 0 Å². The summed E-state index contributed by atoms with van der Waals surface area (Å²) in [6.07, 6.45) is 2.73. The summed E-state index contributed by atoms with van der Waals surface area (Å²) in [6.45, 7) is 2.64. The molecule has 1 aromatic heterocycles. The molecule has 0 spiro atoms. The highest BCUT2D eigenvalue weighted by Gasteiger charge is 2.26. The first-order chi connectivity index (χ1) is 8.20. The molecular formula is C12H16BrN3O. The average molecular weight is 298 g/mol. The van der Waals surface area contributed by atoms with Crippen LogP contribution in [0.15, 0.2) is 22.8 Å². The number of rotatable bonds is 3. The topological polar surface area (TPSA) is 45.2 Å². The third kappa shape index (κ3) is 3.04. The predicted octanol–water partition coefficient (Wildman–Crippen LogP) is 1.53. The van der Waals surface area contributed by atoms with E-state index in [1.807, 2.05) is 18.0 Å². The molecule has 17 heavy (non-hydrogen) atoms. The van der Waals surface area contributed by atoms with Gasteiger partial charge in [-0.15, -0.1) is 0 Å². The Labute approximate surface area is 110 Å². The van der Waals surface area contributed by atoms with Crippen LogP contribution in [0.5, 0.6) is 0 Å². The van der Waals surface area contributed by atoms with Crippen LogP contribution in [0, 0.1) is 5.92 Å². The Bertz CT molecular complexity index is 393. The van der Waals surface area contributed by atoms with E-state index in [4.69, 9.17) is 0 Å². The number of pyridine rings is 1. The fraction of sp³-hybridized carbons (Fsp3) is 0.500. The van der Waals surface area contributed by atoms with Crippen LogP contribution in [0.1, 0.15) is 16.9 Å². The highest BCUT2D eigenvalue weighted by molar-refractivity contribution is 9.10. The van der Waals surface area contributed by atoms with Gasteiger partial charge in [-0.3, -0.25) is 4.79 Å². The number of halogens is 1. The summed E-state index contributed by atoms with van der Waals surface area (Å²) in [6, 6.07) is 3.61. The van der Waals surface area contributed by atoms with Gasteiger partial charge >= 0.3 is 0 Å². The first-order valence-corrected chi connectivity index (χ1v) is 6.55. The molecule has 92 valence electrons. The zero-order chi connectivity index (χ0) is 12.3. The summed E-state index contributed by atoms with van der Waals surface area (Å²) in [5, 5.41) is 3.16. The zero-order valence-corrected chi connectivity index (χ0v) is 11.4. The maximum Gasteiger partial charge on any atom is 0.272 e. The van der Waals surface area contributed by atoms with Crippen molar-refractivity contribution in [1.29, 1.82) is 0 Å². The van der Waals surface area contributed by atoms with Crippen LogP contribution >= 0.6 is 15.9 Å². The van der Waals surface area contributed by atoms with Crippen LogP contribution < -0.4 is 5.32 Å². The van der Waals surface area contributed by atoms with Gasteiger partial charge in [-0.1, -0.05) is 0 Å². The summed E-state index contributed by atoms with van der Waals surface area (Å²) >= 11 is 3.31. The molecule has 2 heterocycles. The lowest BCUT2D eigenvalue weighted by Crippen LogP contribution is -2.30. The van der Waals surface area contributed by atoms with Crippen molar-refractivity contribution >= 4 is 21.8 Å². The Hall–Kier alpha value is -0.940. The minimum Gasteiger partial charge on any atom is -0.337 e. The van der Waals surface area contributed by atoms with Crippen LogP contribution in [0.3, 0.4) is 0 Å². The maximum absolute atomic E-state index is 12.1. The van der Waals surface area contributed by atoms with Gasteiger partial charge in [0.2, 0.25) is 0 Å². The minimum absolute atomic E-state index is 0.0381. The molecule has 1 aliphatic rings. The number of nitrogens with zero attached hydrogens (tertiary/aromatic N) is 2. The monoisotopic (exact) mass is 297 g/mol. The Morgan fingerprint density at radius 3 is 3.12 bits per heavy atom. The number of hydrogen-bond acceptors (Lipinski definition) is 3. The van der Waals surface area contributed by atoms with Crippen molar-refractivity contribution < 1.29 is 4.79 Å². The molecule has 1 fully saturated rings. The van der Waals surface area contributed by atoms with Gasteiger partial charge < -0.3 is 10.2 Å². The molecule has 0 bridgehead atoms. The van der Waals surface area contributed by atoms with Crippen molar-refractivity contribution in [2.75, 3.05) is 26.7 Å². The second-order valence-electron chi connectivity index (χ2n) is 4.33. The lowest BCUT2D eigenvalue weighted by molar-refractivity contribution is 0.0781. The number of carbonyl (C=O) groups excluding carboxylic acids is 1. The van der Waals surface area contributed by atoms with E-state index in [2.05, 4.69) is 26.2 Å². The van der Waals surface area contributed by atoms with Crippen LogP contribution in [0.2, 0.25) is 0 Å². The van der Waals surface area contributed by atoms with Crippen LogP contribution in [-0.4, -0.2) is 42.5 Å². The van der Waals surface area contributed by atoms with Crippen molar-refractivity contribution in [3.05, 3.63) is 28.5 Å². The van der Waals surface area contributed by atoms with Gasteiger partial charge in [0, 0.05) is 23.8 Å². The molecule has 1 N–H and O–H groups in total. The quantitative estimate of drug-likeness (QED) is 0.920. The van der Waals surface area contributed by atoms with E-state index in [-0.39, 0.29) is 5.91 Å². The molecule has 1 aromatic rings. The summed E-state index contributed by atoms with van der Waals surface area (Å²) < 4.78 is 0.892. The van der Waals surface area contributed by atoms with E-state index in [0.29, 0.717) is 11.6 Å². The first-order valence-electron chi connectivity index (χ1n) is 5.76. The number of amides is 1. The van der Waals surface area contributed by atoms with Crippen LogP contribution in [0.25, 0.3) is 0 Å². The molecule has 1 saturated heterocycles. The molecule has 1 aliphatic heterocycles. The summed E-state index contributed by atoms with van der Waals surface area (Å²) in [5.41, 5.74) is 0.526. The van der Waals surface area contributed by atoms with Crippen molar-refractivity contribution in [1.82, 2.24) is 15.2 Å². The van der Waals surface area contributed by atoms with E-state index >= 15 is 0 Å². The fourth-order valence-corrected chi connectivity index (χ4v) is 2.37. The first kappa shape index (κ1) is 12.5. The standard InChI is InChI=1S/C12H16BrN3O/c1-14-6-9-4-5-16(8-9)12(17)11-3-2-10(13)7-15-11/h2-3,7,9,14H,4-6,8H2,1H3. The third-order valence-electron chi connectivity index (χ3n) is 3.01. The van der Waals surface area contributed by atoms with Crippen LogP contribution in [0.4, 0.5) is 0 Å². The summed E-state index contributed by atoms with van der Waals surface area (Å²) in [4.78, 5) is 18.2. The second kappa shape index (κ2) is 5.60. The molecule has 0 aromatic carbocycles. The average Bonchev–Trinajstić information content (AvgIpc) is 2.78. The second-order valence-corrected chi connectivity index (χ2v) is 5.24. The number of aromatic nitrogens is 1. The third-order valence-corrected chi connectivity index (χ3v) is 3.48. The SMILES string of the molecule is CNCC1CCN(C(=O)c2ccc(Br)cn2)C1. The highest BCUT2D eigenvalue weighted by atomic mass is 79.9. The van der Waals surface area contributed by atoms with Gasteiger partial charge in [-0.25, -0.2) is 4.98 Å². The minimum atomic E-state index is 0.0381. The van der Waals surface area contributed by atoms with Crippen LogP contribution in [-0.2, 0) is 0 Å². The molecule has 0 saturated carbocycles. The summed E-state index contributed by atoms with van der Waals surface area (Å²) in [7, 11) is 1.95. The lowest BCUT2D eigenvalue weighted by Gasteiger charge is -2.15. The van der Waals surface area contributed by atoms with E-state index in [0.717, 1.165) is 30.5 Å². The number of nitrogens with one attached hydrogen (secondary N) is 1. The zero-order valence-electron chi connectivity index (χ0n) is 9.82. The van der Waals surface area contributed by atoms with Crippen molar-refractivity contribution in [2.45, 2.75) is 6.42 Å². The number of carbonyl (C=O) groups is 1. The smallest absolute Gasteiger partial charge is 0.272 e. The Kier molecular flexibility index (Phi) is 4.12. The molecule has 1 atom stereocenters. The van der Waals surface area contributed by atoms with Gasteiger partial charge in [0.25, 0.3) is 5.91 Å². The summed E-state index contributed by atoms with van der Waals surface area (Å²) in [5.74, 6) is 0.607. The molecule has 1 amide bonds. The molecule has 5 heteroatoms. The number of likely N-dealkylation sites (tertiary alicyclic amines) is 1. The molecule has 0 aliphatic carbocycles. The molecule has 1 unspecified atom stereocenters. The van der Waals surface area contributed by atoms with E-state index in [1.165, 1.54) is 0 Å². The Morgan fingerprint density at radius 2 is 2.47 bits per heavy atom. The van der Waals surface area contributed by atoms with Gasteiger partial charge in [0.05, 0.1) is 0 Å². The Balaban J connectivity index is 1.99. The van der Waals surface area contributed by atoms with Gasteiger partial charge in [0.15, 0.2) is 0 Å². The maximum atomic E-state index is 12.1. The predicted molar refractivity (Wildman–Crippen MR) is 69.9 cm³/mol. The molecule has 0 radical (unpaired) electrons. The lowest BCUT2D eigenvalue weighted by atomic mass is 10.1. The van der Waals surface area contributed by atoms with Gasteiger partial charge in [-0.05, 0) is 54.0 Å². The van der Waals surface area contributed by atoms with E-state index < -0.39 is 0 Å². The molecule has 4 nitrogen and oxygen atoms in total. The van der Waals surface area contributed by atoms with Gasteiger partial charge in [0.1, 0.15) is 5.69 Å². The van der Waals surface area contributed by atoms with Crippen molar-refractivity contribution in [3.63, 3.8) is 0 Å². The van der Waals surface area contributed by atoms with E-state index in [9.17, 15) is 4.79 Å². The largest absolute Gasteiger partial charge is 0.337 e. The number of hydrogen-bond donors (Lipinski definition) is 1. The van der Waals surface area contributed by atoms with Gasteiger partial charge in [-0.2, -0.15) is 0 Å². The normalized spacial score (nSPS) is 19.6.